The molecule has 0 aliphatic carbocycles. The molecule has 0 aliphatic rings. The summed E-state index contributed by atoms with van der Waals surface area (Å²) in [5.41, 5.74) is 0.898. The molecular weight excluding hydrogens is 498 g/mol. The Labute approximate surface area is 208 Å². The van der Waals surface area contributed by atoms with Gasteiger partial charge in [-0.1, -0.05) is 32.9 Å². The zero-order valence-electron chi connectivity index (χ0n) is 20.6. The van der Waals surface area contributed by atoms with E-state index in [-0.39, 0.29) is 11.5 Å². The molecule has 1 unspecified atom stereocenters. The number of carbonyl (C=O) groups is 1. The molecule has 0 N–H and O–H groups in total. The van der Waals surface area contributed by atoms with Crippen molar-refractivity contribution in [2.45, 2.75) is 46.6 Å². The molecule has 0 saturated carbocycles. The summed E-state index contributed by atoms with van der Waals surface area (Å²) in [6, 6.07) is 10.3. The fourth-order valence-electron chi connectivity index (χ4n) is 3.92. The number of nitrogens with zero attached hydrogens (tertiary/aromatic N) is 3. The van der Waals surface area contributed by atoms with Crippen LogP contribution >= 0.6 is 15.9 Å². The molecule has 1 atom stereocenters. The van der Waals surface area contributed by atoms with Crippen LogP contribution in [0.3, 0.4) is 0 Å². The van der Waals surface area contributed by atoms with Crippen molar-refractivity contribution < 1.29 is 14.3 Å². The number of hydrogen-bond donors (Lipinski definition) is 0. The molecule has 8 heteroatoms. The number of benzene rings is 2. The summed E-state index contributed by atoms with van der Waals surface area (Å²) in [7, 11) is 3.12. The molecule has 3 aromatic rings. The summed E-state index contributed by atoms with van der Waals surface area (Å²) in [6.45, 7) is 8.61. The molecule has 182 valence electrons. The minimum absolute atomic E-state index is 0.0180. The van der Waals surface area contributed by atoms with Crippen molar-refractivity contribution in [1.82, 2.24) is 14.5 Å². The predicted molar refractivity (Wildman–Crippen MR) is 138 cm³/mol. The second-order valence-corrected chi connectivity index (χ2v) is 9.38. The van der Waals surface area contributed by atoms with Crippen LogP contribution in [0.25, 0.3) is 16.6 Å². The topological polar surface area (TPSA) is 73.7 Å². The molecule has 0 aliphatic heterocycles. The number of ether oxygens (including phenoxy) is 2. The SMILES string of the molecule is CCC(=O)N(CCC(C)C)C(C)c1nc2ccccc2c(=O)n1-c1cc(OC)cc(OC)c1Br. The third-order valence-corrected chi connectivity index (χ3v) is 6.70. The van der Waals surface area contributed by atoms with E-state index in [9.17, 15) is 9.59 Å². The largest absolute Gasteiger partial charge is 0.497 e. The Morgan fingerprint density at radius 3 is 2.47 bits per heavy atom. The van der Waals surface area contributed by atoms with Crippen molar-refractivity contribution in [2.24, 2.45) is 5.92 Å². The van der Waals surface area contributed by atoms with Gasteiger partial charge in [0.15, 0.2) is 0 Å². The summed E-state index contributed by atoms with van der Waals surface area (Å²) >= 11 is 3.60. The summed E-state index contributed by atoms with van der Waals surface area (Å²) in [4.78, 5) is 33.5. The Kier molecular flexibility index (Phi) is 8.36. The highest BCUT2D eigenvalue weighted by molar-refractivity contribution is 9.10. The monoisotopic (exact) mass is 529 g/mol. The van der Waals surface area contributed by atoms with E-state index in [0.717, 1.165) is 6.42 Å². The van der Waals surface area contributed by atoms with Crippen molar-refractivity contribution in [1.29, 1.82) is 0 Å². The van der Waals surface area contributed by atoms with Crippen LogP contribution in [0.1, 0.15) is 52.4 Å². The average Bonchev–Trinajstić information content (AvgIpc) is 2.84. The van der Waals surface area contributed by atoms with E-state index in [1.54, 1.807) is 37.0 Å². The first-order valence-corrected chi connectivity index (χ1v) is 12.3. The third kappa shape index (κ3) is 5.12. The molecule has 7 nitrogen and oxygen atoms in total. The maximum Gasteiger partial charge on any atom is 0.266 e. The summed E-state index contributed by atoms with van der Waals surface area (Å²) < 4.78 is 13.1. The minimum atomic E-state index is -0.437. The van der Waals surface area contributed by atoms with Crippen LogP contribution in [0.2, 0.25) is 0 Å². The highest BCUT2D eigenvalue weighted by Gasteiger charge is 2.27. The van der Waals surface area contributed by atoms with Gasteiger partial charge < -0.3 is 14.4 Å². The molecule has 1 amide bonds. The lowest BCUT2D eigenvalue weighted by Crippen LogP contribution is -2.38. The highest BCUT2D eigenvalue weighted by Crippen LogP contribution is 2.37. The van der Waals surface area contributed by atoms with E-state index < -0.39 is 6.04 Å². The zero-order chi connectivity index (χ0) is 25.0. The number of hydrogen-bond acceptors (Lipinski definition) is 5. The normalized spacial score (nSPS) is 12.1. The van der Waals surface area contributed by atoms with Crippen LogP contribution in [0.5, 0.6) is 11.5 Å². The number of amides is 1. The maximum absolute atomic E-state index is 13.9. The van der Waals surface area contributed by atoms with Gasteiger partial charge in [-0.15, -0.1) is 0 Å². The van der Waals surface area contributed by atoms with Gasteiger partial charge in [0.1, 0.15) is 17.3 Å². The molecule has 0 radical (unpaired) electrons. The summed E-state index contributed by atoms with van der Waals surface area (Å²) in [5, 5.41) is 0.489. The second-order valence-electron chi connectivity index (χ2n) is 8.59. The molecule has 0 fully saturated rings. The lowest BCUT2D eigenvalue weighted by atomic mass is 10.1. The fraction of sp³-hybridized carbons (Fsp3) is 0.423. The minimum Gasteiger partial charge on any atom is -0.497 e. The fourth-order valence-corrected chi connectivity index (χ4v) is 4.49. The number of fused-ring (bicyclic) bond motifs is 1. The third-order valence-electron chi connectivity index (χ3n) is 5.90. The second kappa shape index (κ2) is 11.0. The van der Waals surface area contributed by atoms with Gasteiger partial charge in [0.25, 0.3) is 5.56 Å². The van der Waals surface area contributed by atoms with Crippen molar-refractivity contribution >= 4 is 32.7 Å². The number of methoxy groups -OCH3 is 2. The first-order chi connectivity index (χ1) is 16.2. The standard InChI is InChI=1S/C26H32BrN3O4/c1-7-23(31)29(13-12-16(2)3)17(4)25-28-20-11-9-8-10-19(20)26(32)30(25)21-14-18(33-5)15-22(34-6)24(21)27/h8-11,14-17H,7,12-13H2,1-6H3. The molecule has 0 saturated heterocycles. The number of para-hydroxylation sites is 1. The van der Waals surface area contributed by atoms with Crippen LogP contribution < -0.4 is 15.0 Å². The van der Waals surface area contributed by atoms with Crippen molar-refractivity contribution in [2.75, 3.05) is 20.8 Å². The van der Waals surface area contributed by atoms with Crippen LogP contribution in [0, 0.1) is 5.92 Å². The number of halogens is 1. The number of aromatic nitrogens is 2. The zero-order valence-corrected chi connectivity index (χ0v) is 22.2. The Morgan fingerprint density at radius 1 is 1.15 bits per heavy atom. The van der Waals surface area contributed by atoms with Gasteiger partial charge in [-0.3, -0.25) is 14.2 Å². The smallest absolute Gasteiger partial charge is 0.266 e. The first-order valence-electron chi connectivity index (χ1n) is 11.5. The van der Waals surface area contributed by atoms with Crippen LogP contribution in [-0.2, 0) is 4.79 Å². The Hall–Kier alpha value is -2.87. The van der Waals surface area contributed by atoms with E-state index in [1.165, 1.54) is 0 Å². The van der Waals surface area contributed by atoms with Gasteiger partial charge in [-0.2, -0.15) is 0 Å². The van der Waals surface area contributed by atoms with E-state index in [4.69, 9.17) is 14.5 Å². The van der Waals surface area contributed by atoms with E-state index in [1.807, 2.05) is 36.9 Å². The lowest BCUT2D eigenvalue weighted by molar-refractivity contribution is -0.133. The van der Waals surface area contributed by atoms with Crippen molar-refractivity contribution in [3.05, 3.63) is 57.0 Å². The molecule has 0 bridgehead atoms. The quantitative estimate of drug-likeness (QED) is 0.365. The molecule has 3 rings (SSSR count). The molecule has 1 aromatic heterocycles. The van der Waals surface area contributed by atoms with E-state index in [2.05, 4.69) is 29.8 Å². The van der Waals surface area contributed by atoms with Gasteiger partial charge in [0.2, 0.25) is 5.91 Å². The van der Waals surface area contributed by atoms with Crippen molar-refractivity contribution in [3.63, 3.8) is 0 Å². The lowest BCUT2D eigenvalue weighted by Gasteiger charge is -2.31. The molecule has 34 heavy (non-hydrogen) atoms. The predicted octanol–water partition coefficient (Wildman–Crippen LogP) is 5.51. The highest BCUT2D eigenvalue weighted by atomic mass is 79.9. The van der Waals surface area contributed by atoms with Gasteiger partial charge in [0.05, 0.1) is 41.3 Å². The molecule has 2 aromatic carbocycles. The van der Waals surface area contributed by atoms with Gasteiger partial charge in [0, 0.05) is 25.1 Å². The number of carbonyl (C=O) groups excluding carboxylic acids is 1. The molecular formula is C26H32BrN3O4. The van der Waals surface area contributed by atoms with Crippen LogP contribution in [0.4, 0.5) is 0 Å². The molecule has 0 spiro atoms. The summed E-state index contributed by atoms with van der Waals surface area (Å²) in [5.74, 6) is 1.99. The first kappa shape index (κ1) is 25.7. The number of rotatable bonds is 9. The van der Waals surface area contributed by atoms with Crippen LogP contribution in [0.15, 0.2) is 45.7 Å². The van der Waals surface area contributed by atoms with E-state index >= 15 is 0 Å². The van der Waals surface area contributed by atoms with Gasteiger partial charge in [-0.25, -0.2) is 4.98 Å². The Balaban J connectivity index is 2.34. The Bertz CT molecular complexity index is 1240. The Morgan fingerprint density at radius 2 is 1.85 bits per heavy atom. The van der Waals surface area contributed by atoms with Gasteiger partial charge >= 0.3 is 0 Å². The summed E-state index contributed by atoms with van der Waals surface area (Å²) in [6.07, 6.45) is 1.22. The average molecular weight is 530 g/mol. The maximum atomic E-state index is 13.9. The van der Waals surface area contributed by atoms with E-state index in [0.29, 0.717) is 57.3 Å². The molecule has 1 heterocycles. The van der Waals surface area contributed by atoms with Crippen LogP contribution in [-0.4, -0.2) is 41.1 Å². The van der Waals surface area contributed by atoms with Crippen molar-refractivity contribution in [3.8, 4) is 17.2 Å². The van der Waals surface area contributed by atoms with Gasteiger partial charge in [-0.05, 0) is 47.3 Å².